The summed E-state index contributed by atoms with van der Waals surface area (Å²) < 4.78 is 36.9. The van der Waals surface area contributed by atoms with Crippen molar-refractivity contribution in [3.63, 3.8) is 0 Å². The number of aromatic carboxylic acids is 1. The smallest absolute Gasteiger partial charge is 0.406 e. The fourth-order valence-electron chi connectivity index (χ4n) is 1.51. The monoisotopic (exact) mass is 275 g/mol. The molecular weight excluding hydrogens is 263 g/mol. The van der Waals surface area contributed by atoms with Crippen LogP contribution in [0.25, 0.3) is 0 Å². The van der Waals surface area contributed by atoms with Gasteiger partial charge in [0, 0.05) is 12.1 Å². The van der Waals surface area contributed by atoms with Gasteiger partial charge in [0.15, 0.2) is 0 Å². The van der Waals surface area contributed by atoms with Gasteiger partial charge in [0.05, 0.1) is 5.56 Å². The van der Waals surface area contributed by atoms with Crippen molar-refractivity contribution in [2.75, 3.05) is 13.1 Å². The van der Waals surface area contributed by atoms with Gasteiger partial charge in [-0.25, -0.2) is 4.79 Å². The first-order chi connectivity index (χ1) is 8.74. The first-order valence-corrected chi connectivity index (χ1v) is 5.44. The molecule has 1 aromatic carbocycles. The average molecular weight is 275 g/mol. The van der Waals surface area contributed by atoms with Crippen LogP contribution in [0.1, 0.15) is 27.6 Å². The third-order valence-electron chi connectivity index (χ3n) is 2.40. The maximum Gasteiger partial charge on any atom is 0.406 e. The molecule has 104 valence electrons. The molecule has 0 aliphatic heterocycles. The van der Waals surface area contributed by atoms with E-state index < -0.39 is 24.6 Å². The maximum absolute atomic E-state index is 12.3. The summed E-state index contributed by atoms with van der Waals surface area (Å²) in [4.78, 5) is 23.2. The van der Waals surface area contributed by atoms with E-state index in [2.05, 4.69) is 0 Å². The molecule has 0 heterocycles. The number of halogens is 3. The number of rotatable bonds is 4. The minimum Gasteiger partial charge on any atom is -0.478 e. The van der Waals surface area contributed by atoms with Crippen LogP contribution in [0.5, 0.6) is 0 Å². The number of nitrogens with zero attached hydrogens (tertiary/aromatic N) is 1. The second-order valence-corrected chi connectivity index (χ2v) is 3.82. The third-order valence-corrected chi connectivity index (χ3v) is 2.40. The number of carbonyl (C=O) groups excluding carboxylic acids is 1. The molecule has 0 radical (unpaired) electrons. The first-order valence-electron chi connectivity index (χ1n) is 5.44. The Labute approximate surface area is 107 Å². The van der Waals surface area contributed by atoms with Crippen LogP contribution in [0.3, 0.4) is 0 Å². The minimum absolute atomic E-state index is 0.0778. The van der Waals surface area contributed by atoms with E-state index in [0.29, 0.717) is 4.90 Å². The average Bonchev–Trinajstić information content (AvgIpc) is 2.34. The summed E-state index contributed by atoms with van der Waals surface area (Å²) in [6.45, 7) is -0.0556. The maximum atomic E-state index is 12.3. The van der Waals surface area contributed by atoms with E-state index in [1.807, 2.05) is 0 Å². The van der Waals surface area contributed by atoms with Crippen LogP contribution in [0, 0.1) is 0 Å². The number of amides is 1. The highest BCUT2D eigenvalue weighted by Crippen LogP contribution is 2.18. The van der Waals surface area contributed by atoms with Crippen molar-refractivity contribution in [3.8, 4) is 0 Å². The van der Waals surface area contributed by atoms with Crippen LogP contribution < -0.4 is 0 Å². The van der Waals surface area contributed by atoms with Crippen LogP contribution in [-0.4, -0.2) is 41.1 Å². The standard InChI is InChI=1S/C12H12F3NO3/c1-2-16(7-12(13,14)15)10(17)8-4-3-5-9(6-8)11(18)19/h3-6H,2,7H2,1H3,(H,18,19). The fourth-order valence-corrected chi connectivity index (χ4v) is 1.51. The molecule has 0 saturated heterocycles. The van der Waals surface area contributed by atoms with Crippen LogP contribution in [0.2, 0.25) is 0 Å². The van der Waals surface area contributed by atoms with Crippen molar-refractivity contribution in [2.24, 2.45) is 0 Å². The zero-order valence-electron chi connectivity index (χ0n) is 10.1. The Morgan fingerprint density at radius 2 is 1.84 bits per heavy atom. The molecule has 1 rings (SSSR count). The van der Waals surface area contributed by atoms with E-state index in [9.17, 15) is 22.8 Å². The second-order valence-electron chi connectivity index (χ2n) is 3.82. The fraction of sp³-hybridized carbons (Fsp3) is 0.333. The first kappa shape index (κ1) is 15.0. The molecule has 0 unspecified atom stereocenters. The van der Waals surface area contributed by atoms with Crippen molar-refractivity contribution in [3.05, 3.63) is 35.4 Å². The van der Waals surface area contributed by atoms with Gasteiger partial charge in [-0.15, -0.1) is 0 Å². The molecule has 0 aliphatic carbocycles. The molecule has 1 N–H and O–H groups in total. The van der Waals surface area contributed by atoms with Gasteiger partial charge in [0.2, 0.25) is 0 Å². The lowest BCUT2D eigenvalue weighted by Gasteiger charge is -2.22. The predicted octanol–water partition coefficient (Wildman–Crippen LogP) is 2.41. The molecule has 0 aromatic heterocycles. The highest BCUT2D eigenvalue weighted by atomic mass is 19.4. The van der Waals surface area contributed by atoms with E-state index in [-0.39, 0.29) is 17.7 Å². The van der Waals surface area contributed by atoms with Gasteiger partial charge < -0.3 is 10.0 Å². The topological polar surface area (TPSA) is 57.6 Å². The Kier molecular flexibility index (Phi) is 4.52. The Balaban J connectivity index is 2.97. The van der Waals surface area contributed by atoms with Gasteiger partial charge in [-0.05, 0) is 25.1 Å². The van der Waals surface area contributed by atoms with Crippen molar-refractivity contribution in [1.82, 2.24) is 4.90 Å². The van der Waals surface area contributed by atoms with Gasteiger partial charge in [-0.2, -0.15) is 13.2 Å². The lowest BCUT2D eigenvalue weighted by atomic mass is 10.1. The van der Waals surface area contributed by atoms with Crippen molar-refractivity contribution < 1.29 is 27.9 Å². The third kappa shape index (κ3) is 4.27. The zero-order chi connectivity index (χ0) is 14.6. The molecule has 0 spiro atoms. The Morgan fingerprint density at radius 1 is 1.26 bits per heavy atom. The van der Waals surface area contributed by atoms with Crippen molar-refractivity contribution in [2.45, 2.75) is 13.1 Å². The zero-order valence-corrected chi connectivity index (χ0v) is 10.1. The van der Waals surface area contributed by atoms with Crippen LogP contribution in [0.4, 0.5) is 13.2 Å². The molecule has 0 atom stereocenters. The molecule has 1 amide bonds. The van der Waals surface area contributed by atoms with Gasteiger partial charge in [-0.3, -0.25) is 4.79 Å². The quantitative estimate of drug-likeness (QED) is 0.918. The summed E-state index contributed by atoms with van der Waals surface area (Å²) in [7, 11) is 0. The number of benzene rings is 1. The van der Waals surface area contributed by atoms with Gasteiger partial charge in [0.1, 0.15) is 6.54 Å². The molecule has 0 fully saturated rings. The molecule has 7 heteroatoms. The molecule has 0 saturated carbocycles. The molecule has 0 aliphatic rings. The van der Waals surface area contributed by atoms with E-state index in [4.69, 9.17) is 5.11 Å². The number of carboxylic acid groups (broad SMARTS) is 1. The number of carbonyl (C=O) groups is 2. The van der Waals surface area contributed by atoms with Crippen LogP contribution in [0.15, 0.2) is 24.3 Å². The lowest BCUT2D eigenvalue weighted by Crippen LogP contribution is -2.38. The molecule has 0 bridgehead atoms. The van der Waals surface area contributed by atoms with E-state index in [1.165, 1.54) is 25.1 Å². The summed E-state index contributed by atoms with van der Waals surface area (Å²) in [5, 5.41) is 8.77. The number of hydrogen-bond acceptors (Lipinski definition) is 2. The normalized spacial score (nSPS) is 11.2. The SMILES string of the molecule is CCN(CC(F)(F)F)C(=O)c1cccc(C(=O)O)c1. The van der Waals surface area contributed by atoms with Gasteiger partial charge in [0.25, 0.3) is 5.91 Å². The largest absolute Gasteiger partial charge is 0.478 e. The molecule has 1 aromatic rings. The summed E-state index contributed by atoms with van der Waals surface area (Å²) >= 11 is 0. The summed E-state index contributed by atoms with van der Waals surface area (Å²) in [6.07, 6.45) is -4.49. The number of alkyl halides is 3. The van der Waals surface area contributed by atoms with E-state index in [0.717, 1.165) is 6.07 Å². The minimum atomic E-state index is -4.49. The molecule has 4 nitrogen and oxygen atoms in total. The van der Waals surface area contributed by atoms with Crippen LogP contribution >= 0.6 is 0 Å². The number of hydrogen-bond donors (Lipinski definition) is 1. The second kappa shape index (κ2) is 5.73. The Morgan fingerprint density at radius 3 is 2.32 bits per heavy atom. The Hall–Kier alpha value is -2.05. The van der Waals surface area contributed by atoms with Crippen molar-refractivity contribution >= 4 is 11.9 Å². The molecule has 19 heavy (non-hydrogen) atoms. The lowest BCUT2D eigenvalue weighted by molar-refractivity contribution is -0.140. The summed E-state index contributed by atoms with van der Waals surface area (Å²) in [6, 6.07) is 4.93. The highest BCUT2D eigenvalue weighted by molar-refractivity contribution is 5.97. The summed E-state index contributed by atoms with van der Waals surface area (Å²) in [5.74, 6) is -2.09. The van der Waals surface area contributed by atoms with Gasteiger partial charge >= 0.3 is 12.1 Å². The van der Waals surface area contributed by atoms with E-state index >= 15 is 0 Å². The Bertz CT molecular complexity index is 485. The van der Waals surface area contributed by atoms with Crippen molar-refractivity contribution in [1.29, 1.82) is 0 Å². The van der Waals surface area contributed by atoms with Gasteiger partial charge in [-0.1, -0.05) is 6.07 Å². The molecular formula is C12H12F3NO3. The number of carboxylic acids is 1. The highest BCUT2D eigenvalue weighted by Gasteiger charge is 2.32. The van der Waals surface area contributed by atoms with Crippen LogP contribution in [-0.2, 0) is 0 Å². The van der Waals surface area contributed by atoms with E-state index in [1.54, 1.807) is 0 Å². The predicted molar refractivity (Wildman–Crippen MR) is 61.0 cm³/mol. The summed E-state index contributed by atoms with van der Waals surface area (Å²) in [5.41, 5.74) is -0.222.